The van der Waals surface area contributed by atoms with Gasteiger partial charge in [0.15, 0.2) is 0 Å². The molecule has 1 N–H and O–H groups in total. The molecule has 1 unspecified atom stereocenters. The van der Waals surface area contributed by atoms with Crippen LogP contribution in [0.15, 0.2) is 0 Å². The van der Waals surface area contributed by atoms with Crippen molar-refractivity contribution in [3.63, 3.8) is 0 Å². The Bertz CT molecular complexity index is 406. The molecule has 0 radical (unpaired) electrons. The molecule has 0 saturated carbocycles. The van der Waals surface area contributed by atoms with Gasteiger partial charge in [0.25, 0.3) is 0 Å². The quantitative estimate of drug-likeness (QED) is 0.864. The van der Waals surface area contributed by atoms with Gasteiger partial charge in [-0.1, -0.05) is 20.8 Å². The highest BCUT2D eigenvalue weighted by atomic mass is 16.5. The van der Waals surface area contributed by atoms with Gasteiger partial charge in [0.05, 0.1) is 6.61 Å². The van der Waals surface area contributed by atoms with Crippen molar-refractivity contribution in [3.05, 3.63) is 0 Å². The second-order valence-corrected chi connectivity index (χ2v) is 5.86. The van der Waals surface area contributed by atoms with Crippen molar-refractivity contribution in [2.75, 3.05) is 30.4 Å². The first-order valence-electron chi connectivity index (χ1n) is 7.15. The van der Waals surface area contributed by atoms with E-state index >= 15 is 0 Å². The van der Waals surface area contributed by atoms with E-state index in [2.05, 4.69) is 52.9 Å². The molecule has 1 rings (SSSR count). The standard InChI is InChI=1S/C14H27N5O/c1-8-15-11-16-12(18-13(17-11)20-9-2)19(7)10(3)14(4,5)6/h10H,8-9H2,1-7H3,(H,15,16,17,18). The molecule has 0 aliphatic heterocycles. The van der Waals surface area contributed by atoms with Crippen LogP contribution in [0.3, 0.4) is 0 Å². The highest BCUT2D eigenvalue weighted by Crippen LogP contribution is 2.26. The van der Waals surface area contributed by atoms with E-state index in [4.69, 9.17) is 4.74 Å². The maximum absolute atomic E-state index is 5.42. The maximum atomic E-state index is 5.42. The molecule has 6 nitrogen and oxygen atoms in total. The molecule has 0 spiro atoms. The van der Waals surface area contributed by atoms with E-state index in [9.17, 15) is 0 Å². The van der Waals surface area contributed by atoms with Gasteiger partial charge in [-0.15, -0.1) is 0 Å². The van der Waals surface area contributed by atoms with Crippen LogP contribution in [0.1, 0.15) is 41.5 Å². The summed E-state index contributed by atoms with van der Waals surface area (Å²) >= 11 is 0. The Morgan fingerprint density at radius 1 is 1.20 bits per heavy atom. The van der Waals surface area contributed by atoms with Gasteiger partial charge in [-0.25, -0.2) is 0 Å². The molecule has 1 atom stereocenters. The topological polar surface area (TPSA) is 63.2 Å². The van der Waals surface area contributed by atoms with Gasteiger partial charge in [-0.05, 0) is 26.2 Å². The van der Waals surface area contributed by atoms with E-state index in [1.54, 1.807) is 0 Å². The molecular weight excluding hydrogens is 254 g/mol. The smallest absolute Gasteiger partial charge is 0.323 e. The van der Waals surface area contributed by atoms with Crippen LogP contribution in [0.2, 0.25) is 0 Å². The Labute approximate surface area is 122 Å². The number of nitrogens with one attached hydrogen (secondary N) is 1. The number of rotatable bonds is 6. The fourth-order valence-corrected chi connectivity index (χ4v) is 1.69. The van der Waals surface area contributed by atoms with Gasteiger partial charge in [0.1, 0.15) is 0 Å². The summed E-state index contributed by atoms with van der Waals surface area (Å²) in [6.07, 6.45) is 0. The summed E-state index contributed by atoms with van der Waals surface area (Å²) in [5.41, 5.74) is 0.130. The van der Waals surface area contributed by atoms with Crippen molar-refractivity contribution in [1.82, 2.24) is 15.0 Å². The Morgan fingerprint density at radius 2 is 1.85 bits per heavy atom. The third-order valence-corrected chi connectivity index (χ3v) is 3.36. The third-order valence-electron chi connectivity index (χ3n) is 3.36. The van der Waals surface area contributed by atoms with Crippen molar-refractivity contribution >= 4 is 11.9 Å². The van der Waals surface area contributed by atoms with Crippen LogP contribution in [-0.2, 0) is 0 Å². The number of aromatic nitrogens is 3. The highest BCUT2D eigenvalue weighted by Gasteiger charge is 2.26. The second kappa shape index (κ2) is 6.72. The maximum Gasteiger partial charge on any atom is 0.323 e. The first-order valence-corrected chi connectivity index (χ1v) is 7.15. The number of hydrogen-bond donors (Lipinski definition) is 1. The molecule has 0 amide bonds. The lowest BCUT2D eigenvalue weighted by molar-refractivity contribution is 0.307. The van der Waals surface area contributed by atoms with Crippen molar-refractivity contribution in [2.24, 2.45) is 5.41 Å². The first-order chi connectivity index (χ1) is 9.29. The summed E-state index contributed by atoms with van der Waals surface area (Å²) in [6, 6.07) is 0.648. The lowest BCUT2D eigenvalue weighted by Gasteiger charge is -2.35. The third kappa shape index (κ3) is 4.21. The van der Waals surface area contributed by atoms with Crippen LogP contribution in [0.25, 0.3) is 0 Å². The van der Waals surface area contributed by atoms with Gasteiger partial charge in [-0.3, -0.25) is 0 Å². The number of nitrogens with zero attached hydrogens (tertiary/aromatic N) is 4. The predicted octanol–water partition coefficient (Wildman–Crippen LogP) is 2.57. The highest BCUT2D eigenvalue weighted by molar-refractivity contribution is 5.38. The van der Waals surface area contributed by atoms with Gasteiger partial charge < -0.3 is 15.0 Å². The molecule has 0 aromatic carbocycles. The molecule has 20 heavy (non-hydrogen) atoms. The molecule has 1 aromatic heterocycles. The van der Waals surface area contributed by atoms with Crippen molar-refractivity contribution in [2.45, 2.75) is 47.6 Å². The number of ether oxygens (including phenoxy) is 1. The average molecular weight is 281 g/mol. The van der Waals surface area contributed by atoms with E-state index < -0.39 is 0 Å². The minimum atomic E-state index is 0.130. The summed E-state index contributed by atoms with van der Waals surface area (Å²) in [5, 5.41) is 3.11. The SMILES string of the molecule is CCNc1nc(OCC)nc(N(C)C(C)C(C)(C)C)n1. The van der Waals surface area contributed by atoms with E-state index in [0.29, 0.717) is 24.5 Å². The minimum absolute atomic E-state index is 0.130. The van der Waals surface area contributed by atoms with Crippen LogP contribution in [-0.4, -0.2) is 41.2 Å². The zero-order chi connectivity index (χ0) is 15.3. The second-order valence-electron chi connectivity index (χ2n) is 5.86. The van der Waals surface area contributed by atoms with Gasteiger partial charge in [-0.2, -0.15) is 15.0 Å². The fourth-order valence-electron chi connectivity index (χ4n) is 1.69. The van der Waals surface area contributed by atoms with E-state index in [1.165, 1.54) is 0 Å². The fraction of sp³-hybridized carbons (Fsp3) is 0.786. The molecule has 1 heterocycles. The van der Waals surface area contributed by atoms with E-state index in [-0.39, 0.29) is 11.5 Å². The van der Waals surface area contributed by atoms with Crippen molar-refractivity contribution in [1.29, 1.82) is 0 Å². The largest absolute Gasteiger partial charge is 0.464 e. The van der Waals surface area contributed by atoms with Crippen LogP contribution in [0.5, 0.6) is 6.01 Å². The molecule has 0 bridgehead atoms. The summed E-state index contributed by atoms with van der Waals surface area (Å²) in [4.78, 5) is 15.1. The monoisotopic (exact) mass is 281 g/mol. The molecule has 0 fully saturated rings. The van der Waals surface area contributed by atoms with Crippen LogP contribution < -0.4 is 15.0 Å². The summed E-state index contributed by atoms with van der Waals surface area (Å²) < 4.78 is 5.42. The Balaban J connectivity index is 3.08. The zero-order valence-electron chi connectivity index (χ0n) is 13.7. The van der Waals surface area contributed by atoms with Crippen LogP contribution in [0, 0.1) is 5.41 Å². The molecule has 0 aliphatic rings. The first kappa shape index (κ1) is 16.5. The summed E-state index contributed by atoms with van der Waals surface area (Å²) in [6.45, 7) is 14.0. The molecule has 114 valence electrons. The van der Waals surface area contributed by atoms with Crippen LogP contribution >= 0.6 is 0 Å². The van der Waals surface area contributed by atoms with Crippen molar-refractivity contribution in [3.8, 4) is 6.01 Å². The zero-order valence-corrected chi connectivity index (χ0v) is 13.7. The average Bonchev–Trinajstić information content (AvgIpc) is 2.36. The number of hydrogen-bond acceptors (Lipinski definition) is 6. The van der Waals surface area contributed by atoms with Crippen molar-refractivity contribution < 1.29 is 4.74 Å². The Morgan fingerprint density at radius 3 is 2.35 bits per heavy atom. The predicted molar refractivity (Wildman–Crippen MR) is 82.5 cm³/mol. The molecule has 0 aliphatic carbocycles. The molecule has 1 aromatic rings. The van der Waals surface area contributed by atoms with E-state index in [0.717, 1.165) is 6.54 Å². The summed E-state index contributed by atoms with van der Waals surface area (Å²) in [5.74, 6) is 1.18. The van der Waals surface area contributed by atoms with Crippen LogP contribution in [0.4, 0.5) is 11.9 Å². The molecular formula is C14H27N5O. The van der Waals surface area contributed by atoms with Gasteiger partial charge in [0.2, 0.25) is 11.9 Å². The Hall–Kier alpha value is -1.59. The lowest BCUT2D eigenvalue weighted by atomic mass is 9.87. The normalized spacial score (nSPS) is 12.9. The molecule has 6 heteroatoms. The van der Waals surface area contributed by atoms with Gasteiger partial charge in [0, 0.05) is 19.6 Å². The molecule has 0 saturated heterocycles. The lowest BCUT2D eigenvalue weighted by Crippen LogP contribution is -2.40. The van der Waals surface area contributed by atoms with Gasteiger partial charge >= 0.3 is 6.01 Å². The Kier molecular flexibility index (Phi) is 5.53. The van der Waals surface area contributed by atoms with E-state index in [1.807, 2.05) is 20.9 Å². The number of anilines is 2. The summed E-state index contributed by atoms with van der Waals surface area (Å²) in [7, 11) is 2.00. The minimum Gasteiger partial charge on any atom is -0.464 e.